The molecular formula is C25H25N5O4S. The molecule has 3 aromatic heterocycles. The SMILES string of the molecule is Cc1nn(-c2ccccc2)c2nc(-c3cccs3)cc(C(=O)OCC(=O)NC(=O)NC(C)(C)C)c12. The third kappa shape index (κ3) is 5.55. The van der Waals surface area contributed by atoms with Crippen LogP contribution in [0.1, 0.15) is 36.8 Å². The molecule has 180 valence electrons. The van der Waals surface area contributed by atoms with Crippen LogP contribution in [0.5, 0.6) is 0 Å². The predicted octanol–water partition coefficient (Wildman–Crippen LogP) is 4.24. The van der Waals surface area contributed by atoms with Gasteiger partial charge in [0.05, 0.1) is 32.9 Å². The Kier molecular flexibility index (Phi) is 6.65. The highest BCUT2D eigenvalue weighted by Crippen LogP contribution is 2.31. The summed E-state index contributed by atoms with van der Waals surface area (Å²) in [4.78, 5) is 42.9. The molecule has 0 aliphatic carbocycles. The number of thiophene rings is 1. The van der Waals surface area contributed by atoms with Crippen LogP contribution in [0, 0.1) is 6.92 Å². The number of imide groups is 1. The number of para-hydroxylation sites is 1. The number of rotatable bonds is 5. The van der Waals surface area contributed by atoms with Crippen LogP contribution >= 0.6 is 11.3 Å². The van der Waals surface area contributed by atoms with Crippen LogP contribution in [0.2, 0.25) is 0 Å². The van der Waals surface area contributed by atoms with E-state index in [2.05, 4.69) is 15.7 Å². The van der Waals surface area contributed by atoms with Gasteiger partial charge < -0.3 is 10.1 Å². The van der Waals surface area contributed by atoms with Gasteiger partial charge in [-0.3, -0.25) is 10.1 Å². The lowest BCUT2D eigenvalue weighted by atomic mass is 10.1. The van der Waals surface area contributed by atoms with Crippen molar-refractivity contribution in [2.24, 2.45) is 0 Å². The molecule has 0 atom stereocenters. The van der Waals surface area contributed by atoms with Crippen molar-refractivity contribution in [1.29, 1.82) is 0 Å². The fourth-order valence-corrected chi connectivity index (χ4v) is 4.18. The molecule has 10 heteroatoms. The number of carbonyl (C=O) groups excluding carboxylic acids is 3. The number of esters is 1. The number of nitrogens with zero attached hydrogens (tertiary/aromatic N) is 3. The third-order valence-corrected chi connectivity index (χ3v) is 5.78. The summed E-state index contributed by atoms with van der Waals surface area (Å²) in [6.45, 7) is 6.54. The highest BCUT2D eigenvalue weighted by Gasteiger charge is 2.23. The number of pyridine rings is 1. The van der Waals surface area contributed by atoms with Gasteiger partial charge in [-0.15, -0.1) is 11.3 Å². The van der Waals surface area contributed by atoms with Gasteiger partial charge in [0.25, 0.3) is 5.91 Å². The van der Waals surface area contributed by atoms with Crippen LogP contribution < -0.4 is 10.6 Å². The van der Waals surface area contributed by atoms with Crippen LogP contribution in [0.3, 0.4) is 0 Å². The molecular weight excluding hydrogens is 466 g/mol. The summed E-state index contributed by atoms with van der Waals surface area (Å²) < 4.78 is 6.96. The second-order valence-electron chi connectivity index (χ2n) is 8.89. The number of fused-ring (bicyclic) bond motifs is 1. The second-order valence-corrected chi connectivity index (χ2v) is 9.84. The Morgan fingerprint density at radius 1 is 1.09 bits per heavy atom. The van der Waals surface area contributed by atoms with Crippen molar-refractivity contribution in [3.63, 3.8) is 0 Å². The molecule has 0 aliphatic rings. The molecule has 0 aliphatic heterocycles. The first-order chi connectivity index (χ1) is 16.6. The van der Waals surface area contributed by atoms with Crippen LogP contribution in [0.25, 0.3) is 27.3 Å². The molecule has 0 saturated carbocycles. The summed E-state index contributed by atoms with van der Waals surface area (Å²) in [7, 11) is 0. The molecule has 0 saturated heterocycles. The summed E-state index contributed by atoms with van der Waals surface area (Å²) in [5, 5.41) is 11.8. The van der Waals surface area contributed by atoms with E-state index in [4.69, 9.17) is 9.72 Å². The standard InChI is InChI=1S/C25H25N5O4S/c1-15-21-17(23(32)34-14-20(31)27-24(33)28-25(2,3)4)13-18(19-11-8-12-35-19)26-22(21)30(29-15)16-9-6-5-7-10-16/h5-13H,14H2,1-4H3,(H2,27,28,31,33). The Labute approximate surface area is 206 Å². The van der Waals surface area contributed by atoms with E-state index in [1.54, 1.807) is 38.4 Å². The molecule has 0 fully saturated rings. The highest BCUT2D eigenvalue weighted by molar-refractivity contribution is 7.13. The number of nitrogens with one attached hydrogen (secondary N) is 2. The second kappa shape index (κ2) is 9.67. The Bertz CT molecular complexity index is 1390. The van der Waals surface area contributed by atoms with Gasteiger partial charge in [-0.1, -0.05) is 24.3 Å². The predicted molar refractivity (Wildman–Crippen MR) is 134 cm³/mol. The number of urea groups is 1. The monoisotopic (exact) mass is 491 g/mol. The molecule has 0 unspecified atom stereocenters. The molecule has 2 N–H and O–H groups in total. The number of aromatic nitrogens is 3. The maximum absolute atomic E-state index is 13.1. The van der Waals surface area contributed by atoms with Crippen LogP contribution in [-0.4, -0.2) is 44.8 Å². The van der Waals surface area contributed by atoms with Crippen LogP contribution in [0.4, 0.5) is 4.79 Å². The highest BCUT2D eigenvalue weighted by atomic mass is 32.1. The lowest BCUT2D eigenvalue weighted by molar-refractivity contribution is -0.123. The fraction of sp³-hybridized carbons (Fsp3) is 0.240. The molecule has 0 spiro atoms. The van der Waals surface area contributed by atoms with E-state index in [-0.39, 0.29) is 5.56 Å². The van der Waals surface area contributed by atoms with E-state index in [0.29, 0.717) is 22.4 Å². The van der Waals surface area contributed by atoms with Gasteiger partial charge in [0.2, 0.25) is 0 Å². The van der Waals surface area contributed by atoms with Gasteiger partial charge in [-0.25, -0.2) is 19.3 Å². The van der Waals surface area contributed by atoms with Crippen molar-refractivity contribution >= 4 is 40.3 Å². The topological polar surface area (TPSA) is 115 Å². The van der Waals surface area contributed by atoms with Crippen molar-refractivity contribution in [2.75, 3.05) is 6.61 Å². The van der Waals surface area contributed by atoms with Gasteiger partial charge >= 0.3 is 12.0 Å². The minimum atomic E-state index is -0.736. The van der Waals surface area contributed by atoms with Crippen molar-refractivity contribution in [2.45, 2.75) is 33.2 Å². The smallest absolute Gasteiger partial charge is 0.339 e. The Morgan fingerprint density at radius 2 is 1.83 bits per heavy atom. The van der Waals surface area contributed by atoms with E-state index in [0.717, 1.165) is 10.6 Å². The molecule has 35 heavy (non-hydrogen) atoms. The first-order valence-electron chi connectivity index (χ1n) is 10.9. The first kappa shape index (κ1) is 24.1. The van der Waals surface area contributed by atoms with E-state index in [1.807, 2.05) is 47.8 Å². The van der Waals surface area contributed by atoms with Gasteiger partial charge in [0, 0.05) is 5.54 Å². The van der Waals surface area contributed by atoms with Gasteiger partial charge in [0.1, 0.15) is 0 Å². The summed E-state index contributed by atoms with van der Waals surface area (Å²) in [6, 6.07) is 14.3. The Morgan fingerprint density at radius 3 is 2.49 bits per heavy atom. The van der Waals surface area contributed by atoms with E-state index in [1.165, 1.54) is 11.3 Å². The molecule has 3 amide bonds. The van der Waals surface area contributed by atoms with E-state index in [9.17, 15) is 14.4 Å². The Hall–Kier alpha value is -4.05. The minimum Gasteiger partial charge on any atom is -0.452 e. The lowest BCUT2D eigenvalue weighted by Gasteiger charge is -2.20. The molecule has 1 aromatic carbocycles. The largest absolute Gasteiger partial charge is 0.452 e. The quantitative estimate of drug-likeness (QED) is 0.404. The average Bonchev–Trinajstić information content (AvgIpc) is 3.45. The molecule has 4 aromatic rings. The summed E-state index contributed by atoms with van der Waals surface area (Å²) in [6.07, 6.45) is 0. The molecule has 3 heterocycles. The normalized spacial score (nSPS) is 11.3. The number of carbonyl (C=O) groups is 3. The summed E-state index contributed by atoms with van der Waals surface area (Å²) in [5.41, 5.74) is 2.20. The minimum absolute atomic E-state index is 0.241. The number of amides is 3. The van der Waals surface area contributed by atoms with E-state index >= 15 is 0 Å². The van der Waals surface area contributed by atoms with Crippen molar-refractivity contribution < 1.29 is 19.1 Å². The third-order valence-electron chi connectivity index (χ3n) is 4.88. The summed E-state index contributed by atoms with van der Waals surface area (Å²) >= 11 is 1.49. The first-order valence-corrected chi connectivity index (χ1v) is 11.8. The van der Waals surface area contributed by atoms with Crippen LogP contribution in [0.15, 0.2) is 53.9 Å². The Balaban J connectivity index is 1.66. The number of aryl methyl sites for hydroxylation is 1. The fourth-order valence-electron chi connectivity index (χ4n) is 3.49. The zero-order chi connectivity index (χ0) is 25.2. The van der Waals surface area contributed by atoms with Gasteiger partial charge in [-0.05, 0) is 57.3 Å². The number of benzene rings is 1. The average molecular weight is 492 g/mol. The molecule has 0 bridgehead atoms. The number of hydrogen-bond donors (Lipinski definition) is 2. The zero-order valence-corrected chi connectivity index (χ0v) is 20.6. The van der Waals surface area contributed by atoms with Gasteiger partial charge in [0.15, 0.2) is 12.3 Å². The van der Waals surface area contributed by atoms with Crippen molar-refractivity contribution in [3.8, 4) is 16.3 Å². The maximum atomic E-state index is 13.1. The zero-order valence-electron chi connectivity index (χ0n) is 19.8. The summed E-state index contributed by atoms with van der Waals surface area (Å²) in [5.74, 6) is -1.45. The van der Waals surface area contributed by atoms with Crippen molar-refractivity contribution in [1.82, 2.24) is 25.4 Å². The maximum Gasteiger partial charge on any atom is 0.339 e. The number of hydrogen-bond acceptors (Lipinski definition) is 7. The van der Waals surface area contributed by atoms with Crippen LogP contribution in [-0.2, 0) is 9.53 Å². The molecule has 0 radical (unpaired) electrons. The molecule has 4 rings (SSSR count). The molecule has 9 nitrogen and oxygen atoms in total. The van der Waals surface area contributed by atoms with E-state index < -0.39 is 30.1 Å². The van der Waals surface area contributed by atoms with Gasteiger partial charge in [-0.2, -0.15) is 5.10 Å². The number of ether oxygens (including phenoxy) is 1. The van der Waals surface area contributed by atoms with Crippen molar-refractivity contribution in [3.05, 3.63) is 65.2 Å². The lowest BCUT2D eigenvalue weighted by Crippen LogP contribution is -2.49.